The van der Waals surface area contributed by atoms with Crippen LogP contribution in [0.4, 0.5) is 0 Å². The molecular weight excluding hydrogens is 286 g/mol. The molecule has 2 aliphatic rings. The van der Waals surface area contributed by atoms with Crippen molar-refractivity contribution < 1.29 is 25.5 Å². The molecule has 6 nitrogen and oxygen atoms in total. The molecule has 0 aliphatic carbocycles. The van der Waals surface area contributed by atoms with Crippen LogP contribution in [-0.4, -0.2) is 75.8 Å². The zero-order valence-electron chi connectivity index (χ0n) is 13.1. The van der Waals surface area contributed by atoms with Crippen LogP contribution in [0.5, 0.6) is 0 Å². The summed E-state index contributed by atoms with van der Waals surface area (Å²) in [5, 5.41) is 29.4. The average Bonchev–Trinajstić information content (AvgIpc) is 2.44. The Morgan fingerprint density at radius 2 is 1.59 bits per heavy atom. The molecule has 0 radical (unpaired) electrons. The van der Waals surface area contributed by atoms with Crippen LogP contribution in [0.3, 0.4) is 0 Å². The summed E-state index contributed by atoms with van der Waals surface area (Å²) in [6.07, 6.45) is 0.343. The summed E-state index contributed by atoms with van der Waals surface area (Å²) in [6.45, 7) is 7.38. The molecule has 0 spiro atoms. The third-order valence-corrected chi connectivity index (χ3v) is 4.79. The Hall–Kier alpha value is -0.240. The average molecular weight is 321 g/mol. The molecule has 2 saturated heterocycles. The second-order valence-electron chi connectivity index (χ2n) is 6.52. The fourth-order valence-electron chi connectivity index (χ4n) is 3.18. The Morgan fingerprint density at radius 3 is 2.18 bits per heavy atom. The van der Waals surface area contributed by atoms with E-state index in [4.69, 9.17) is 4.74 Å². The minimum atomic E-state index is -1.10. The van der Waals surface area contributed by atoms with E-state index in [1.807, 2.05) is 0 Å². The molecule has 0 aromatic rings. The molecule has 5 N–H and O–H groups in total. The molecule has 6 heteroatoms. The van der Waals surface area contributed by atoms with Crippen LogP contribution in [-0.2, 0) is 4.74 Å². The fourth-order valence-corrected chi connectivity index (χ4v) is 3.18. The molecule has 134 valence electrons. The van der Waals surface area contributed by atoms with E-state index >= 15 is 0 Å². The molecule has 2 aliphatic heterocycles. The Labute approximate surface area is 134 Å². The van der Waals surface area contributed by atoms with Gasteiger partial charge in [0, 0.05) is 0 Å². The predicted octanol–water partition coefficient (Wildman–Crippen LogP) is 0.180. The highest BCUT2D eigenvalue weighted by Gasteiger charge is 2.41. The van der Waals surface area contributed by atoms with E-state index in [2.05, 4.69) is 11.8 Å². The standard InChI is InChI=1S/C15H29NO4.CH4.H2O/c1-10-5-8-16(9-6-10)7-3-4-12-14(18)15(19)13(17)11(2)20-12;;/h10-15,17-19H,3-9H2,1-2H3;1H4;1H2/t11?,12-,13?,14?,15?;;/m0../s1. The number of ether oxygens (including phenoxy) is 1. The minimum absolute atomic E-state index is 0. The van der Waals surface area contributed by atoms with Crippen LogP contribution in [0.1, 0.15) is 47.0 Å². The van der Waals surface area contributed by atoms with E-state index in [9.17, 15) is 15.3 Å². The van der Waals surface area contributed by atoms with Gasteiger partial charge in [0.25, 0.3) is 0 Å². The van der Waals surface area contributed by atoms with Gasteiger partial charge in [-0.25, -0.2) is 0 Å². The Kier molecular flexibility index (Phi) is 9.69. The van der Waals surface area contributed by atoms with Crippen LogP contribution in [0.2, 0.25) is 0 Å². The normalized spacial score (nSPS) is 37.2. The van der Waals surface area contributed by atoms with Gasteiger partial charge in [-0.05, 0) is 58.2 Å². The fraction of sp³-hybridized carbons (Fsp3) is 1.00. The monoisotopic (exact) mass is 321 g/mol. The molecule has 2 rings (SSSR count). The molecule has 22 heavy (non-hydrogen) atoms. The molecule has 0 saturated carbocycles. The largest absolute Gasteiger partial charge is 0.412 e. The van der Waals surface area contributed by atoms with E-state index in [0.29, 0.717) is 0 Å². The van der Waals surface area contributed by atoms with Crippen molar-refractivity contribution in [2.75, 3.05) is 19.6 Å². The second-order valence-corrected chi connectivity index (χ2v) is 6.52. The lowest BCUT2D eigenvalue weighted by atomic mass is 9.93. The van der Waals surface area contributed by atoms with Gasteiger partial charge in [0.2, 0.25) is 0 Å². The van der Waals surface area contributed by atoms with E-state index in [-0.39, 0.29) is 19.0 Å². The number of aliphatic hydroxyl groups is 3. The van der Waals surface area contributed by atoms with E-state index in [1.165, 1.54) is 12.8 Å². The smallest absolute Gasteiger partial charge is 0.111 e. The summed E-state index contributed by atoms with van der Waals surface area (Å²) in [5.74, 6) is 0.840. The van der Waals surface area contributed by atoms with Crippen LogP contribution < -0.4 is 0 Å². The second kappa shape index (κ2) is 9.80. The van der Waals surface area contributed by atoms with Gasteiger partial charge in [-0.3, -0.25) is 0 Å². The zero-order valence-corrected chi connectivity index (χ0v) is 13.1. The molecule has 2 fully saturated rings. The third-order valence-electron chi connectivity index (χ3n) is 4.79. The highest BCUT2D eigenvalue weighted by Crippen LogP contribution is 2.24. The van der Waals surface area contributed by atoms with Gasteiger partial charge in [-0.15, -0.1) is 0 Å². The lowest BCUT2D eigenvalue weighted by Crippen LogP contribution is -2.56. The SMILES string of the molecule is C.CC1CCN(CCC[C@@H]2OC(C)C(O)C(O)C2O)CC1.O. The van der Waals surface area contributed by atoms with Crippen molar-refractivity contribution in [3.8, 4) is 0 Å². The lowest BCUT2D eigenvalue weighted by molar-refractivity contribution is -0.218. The van der Waals surface area contributed by atoms with Gasteiger partial charge in [-0.1, -0.05) is 14.4 Å². The summed E-state index contributed by atoms with van der Waals surface area (Å²) in [6, 6.07) is 0. The number of piperidine rings is 1. The number of hydrogen-bond acceptors (Lipinski definition) is 5. The van der Waals surface area contributed by atoms with Gasteiger partial charge >= 0.3 is 0 Å². The number of likely N-dealkylation sites (tertiary alicyclic amines) is 1. The number of hydrogen-bond donors (Lipinski definition) is 3. The van der Waals surface area contributed by atoms with Crippen molar-refractivity contribution in [1.82, 2.24) is 4.90 Å². The van der Waals surface area contributed by atoms with Gasteiger partial charge in [-0.2, -0.15) is 0 Å². The molecular formula is C16H35NO5. The van der Waals surface area contributed by atoms with Crippen LogP contribution in [0.15, 0.2) is 0 Å². The first kappa shape index (κ1) is 21.8. The molecule has 0 aromatic carbocycles. The summed E-state index contributed by atoms with van der Waals surface area (Å²) in [5.41, 5.74) is 0. The number of rotatable bonds is 4. The first-order chi connectivity index (χ1) is 9.49. The van der Waals surface area contributed by atoms with Crippen molar-refractivity contribution in [2.24, 2.45) is 5.92 Å². The maximum atomic E-state index is 9.95. The Balaban J connectivity index is 0.00000220. The van der Waals surface area contributed by atoms with Crippen LogP contribution in [0, 0.1) is 5.92 Å². The van der Waals surface area contributed by atoms with Gasteiger partial charge in [0.05, 0.1) is 12.2 Å². The van der Waals surface area contributed by atoms with E-state index < -0.39 is 24.4 Å². The molecule has 2 heterocycles. The first-order valence-corrected chi connectivity index (χ1v) is 7.91. The topological polar surface area (TPSA) is 105 Å². The zero-order chi connectivity index (χ0) is 14.7. The Bertz CT molecular complexity index is 296. The Morgan fingerprint density at radius 1 is 1.00 bits per heavy atom. The molecule has 0 amide bonds. The maximum absolute atomic E-state index is 9.95. The third kappa shape index (κ3) is 5.44. The lowest BCUT2D eigenvalue weighted by Gasteiger charge is -2.39. The van der Waals surface area contributed by atoms with Gasteiger partial charge < -0.3 is 30.4 Å². The number of aliphatic hydroxyl groups excluding tert-OH is 3. The molecule has 0 bridgehead atoms. The highest BCUT2D eigenvalue weighted by atomic mass is 16.5. The van der Waals surface area contributed by atoms with Crippen LogP contribution in [0.25, 0.3) is 0 Å². The molecule has 4 unspecified atom stereocenters. The molecule has 0 aromatic heterocycles. The highest BCUT2D eigenvalue weighted by molar-refractivity contribution is 4.90. The van der Waals surface area contributed by atoms with Crippen molar-refractivity contribution in [2.45, 2.75) is 77.5 Å². The van der Waals surface area contributed by atoms with Gasteiger partial charge in [0.15, 0.2) is 0 Å². The van der Waals surface area contributed by atoms with E-state index in [0.717, 1.165) is 38.4 Å². The quantitative estimate of drug-likeness (QED) is 0.685. The predicted molar refractivity (Wildman–Crippen MR) is 86.8 cm³/mol. The summed E-state index contributed by atoms with van der Waals surface area (Å²) in [4.78, 5) is 2.46. The van der Waals surface area contributed by atoms with Crippen molar-refractivity contribution in [3.05, 3.63) is 0 Å². The molecule has 5 atom stereocenters. The summed E-state index contributed by atoms with van der Waals surface area (Å²) in [7, 11) is 0. The summed E-state index contributed by atoms with van der Waals surface area (Å²) < 4.78 is 5.61. The van der Waals surface area contributed by atoms with Gasteiger partial charge in [0.1, 0.15) is 18.3 Å². The van der Waals surface area contributed by atoms with Crippen molar-refractivity contribution >= 4 is 0 Å². The minimum Gasteiger partial charge on any atom is -0.412 e. The summed E-state index contributed by atoms with van der Waals surface area (Å²) >= 11 is 0. The van der Waals surface area contributed by atoms with E-state index in [1.54, 1.807) is 6.92 Å². The first-order valence-electron chi connectivity index (χ1n) is 7.91. The van der Waals surface area contributed by atoms with Crippen molar-refractivity contribution in [1.29, 1.82) is 0 Å². The number of nitrogens with zero attached hydrogens (tertiary/aromatic N) is 1. The maximum Gasteiger partial charge on any atom is 0.111 e. The van der Waals surface area contributed by atoms with Crippen molar-refractivity contribution in [3.63, 3.8) is 0 Å². The van der Waals surface area contributed by atoms with Crippen LogP contribution >= 0.6 is 0 Å².